The van der Waals surface area contributed by atoms with Gasteiger partial charge in [0, 0.05) is 24.8 Å². The van der Waals surface area contributed by atoms with Crippen LogP contribution in [0.15, 0.2) is 12.3 Å². The van der Waals surface area contributed by atoms with Gasteiger partial charge >= 0.3 is 0 Å². The topological polar surface area (TPSA) is 81.9 Å². The molecule has 1 aromatic rings. The third-order valence-corrected chi connectivity index (χ3v) is 3.33. The van der Waals surface area contributed by atoms with E-state index < -0.39 is 0 Å². The Morgan fingerprint density at radius 3 is 2.95 bits per heavy atom. The van der Waals surface area contributed by atoms with Crippen molar-refractivity contribution in [2.75, 3.05) is 18.0 Å². The molecule has 0 aromatic carbocycles. The molecule has 0 aliphatic carbocycles. The first-order valence-electron chi connectivity index (χ1n) is 7.19. The number of hydrogen-bond acceptors (Lipinski definition) is 5. The maximum Gasteiger partial charge on any atom is 0.226 e. The summed E-state index contributed by atoms with van der Waals surface area (Å²) < 4.78 is 0. The highest BCUT2D eigenvalue weighted by Gasteiger charge is 2.29. The molecule has 1 atom stereocenters. The maximum atomic E-state index is 12.3. The van der Waals surface area contributed by atoms with Gasteiger partial charge in [-0.15, -0.1) is 0 Å². The van der Waals surface area contributed by atoms with Crippen molar-refractivity contribution in [3.05, 3.63) is 18.0 Å². The molecular formula is C15H21N5O. The number of rotatable bonds is 2. The Morgan fingerprint density at radius 2 is 2.29 bits per heavy atom. The molecule has 1 amide bonds. The molecule has 1 aliphatic heterocycles. The molecule has 1 aromatic heterocycles. The van der Waals surface area contributed by atoms with E-state index in [4.69, 9.17) is 5.26 Å². The van der Waals surface area contributed by atoms with Gasteiger partial charge in [0.25, 0.3) is 0 Å². The summed E-state index contributed by atoms with van der Waals surface area (Å²) in [7, 11) is 0. The highest BCUT2D eigenvalue weighted by molar-refractivity contribution is 5.80. The predicted molar refractivity (Wildman–Crippen MR) is 79.6 cm³/mol. The normalized spacial score (nSPS) is 19.0. The molecule has 112 valence electrons. The second-order valence-corrected chi connectivity index (χ2v) is 6.38. The lowest BCUT2D eigenvalue weighted by atomic mass is 9.96. The summed E-state index contributed by atoms with van der Waals surface area (Å²) in [4.78, 5) is 22.7. The monoisotopic (exact) mass is 287 g/mol. The van der Waals surface area contributed by atoms with E-state index in [2.05, 4.69) is 15.3 Å². The molecule has 1 aliphatic rings. The number of anilines is 1. The first-order chi connectivity index (χ1) is 9.89. The largest absolute Gasteiger partial charge is 0.351 e. The van der Waals surface area contributed by atoms with Gasteiger partial charge in [-0.3, -0.25) is 4.79 Å². The standard InChI is InChI=1S/C15H21N5O/c1-15(2,3)19-13(21)11-5-4-8-20(10-11)14-17-7-6-12(9-16)18-14/h6-7,11H,4-5,8,10H2,1-3H3,(H,19,21). The summed E-state index contributed by atoms with van der Waals surface area (Å²) in [5.74, 6) is 0.540. The van der Waals surface area contributed by atoms with Crippen LogP contribution >= 0.6 is 0 Å². The second kappa shape index (κ2) is 6.08. The first-order valence-corrected chi connectivity index (χ1v) is 7.19. The molecule has 0 bridgehead atoms. The van der Waals surface area contributed by atoms with Crippen LogP contribution in [0, 0.1) is 17.2 Å². The van der Waals surface area contributed by atoms with Crippen LogP contribution in [0.2, 0.25) is 0 Å². The molecule has 1 unspecified atom stereocenters. The molecule has 1 saturated heterocycles. The summed E-state index contributed by atoms with van der Waals surface area (Å²) in [6.45, 7) is 7.34. The van der Waals surface area contributed by atoms with Crippen LogP contribution in [0.5, 0.6) is 0 Å². The molecule has 21 heavy (non-hydrogen) atoms. The van der Waals surface area contributed by atoms with Gasteiger partial charge in [0.15, 0.2) is 0 Å². The van der Waals surface area contributed by atoms with Gasteiger partial charge in [0.2, 0.25) is 11.9 Å². The van der Waals surface area contributed by atoms with Crippen LogP contribution in [0.25, 0.3) is 0 Å². The van der Waals surface area contributed by atoms with Crippen molar-refractivity contribution in [1.82, 2.24) is 15.3 Å². The quantitative estimate of drug-likeness (QED) is 0.891. The van der Waals surface area contributed by atoms with Crippen molar-refractivity contribution in [3.8, 4) is 6.07 Å². The van der Waals surface area contributed by atoms with Crippen molar-refractivity contribution in [2.45, 2.75) is 39.2 Å². The number of carbonyl (C=O) groups is 1. The zero-order chi connectivity index (χ0) is 15.5. The Balaban J connectivity index is 2.07. The smallest absolute Gasteiger partial charge is 0.226 e. The lowest BCUT2D eigenvalue weighted by molar-refractivity contribution is -0.126. The maximum absolute atomic E-state index is 12.3. The Morgan fingerprint density at radius 1 is 1.52 bits per heavy atom. The van der Waals surface area contributed by atoms with Crippen LogP contribution in [-0.4, -0.2) is 34.5 Å². The van der Waals surface area contributed by atoms with Crippen molar-refractivity contribution < 1.29 is 4.79 Å². The van der Waals surface area contributed by atoms with E-state index in [1.165, 1.54) is 0 Å². The van der Waals surface area contributed by atoms with E-state index in [-0.39, 0.29) is 17.4 Å². The van der Waals surface area contributed by atoms with Crippen molar-refractivity contribution >= 4 is 11.9 Å². The zero-order valence-electron chi connectivity index (χ0n) is 12.8. The zero-order valence-corrected chi connectivity index (χ0v) is 12.8. The number of hydrogen-bond donors (Lipinski definition) is 1. The summed E-state index contributed by atoms with van der Waals surface area (Å²) in [5, 5.41) is 11.9. The number of nitriles is 1. The SMILES string of the molecule is CC(C)(C)NC(=O)C1CCCN(c2nccc(C#N)n2)C1. The minimum absolute atomic E-state index is 0.0627. The van der Waals surface area contributed by atoms with Crippen molar-refractivity contribution in [2.24, 2.45) is 5.92 Å². The number of carbonyl (C=O) groups excluding carboxylic acids is 1. The average molecular weight is 287 g/mol. The van der Waals surface area contributed by atoms with Crippen LogP contribution < -0.4 is 10.2 Å². The minimum Gasteiger partial charge on any atom is -0.351 e. The molecule has 6 nitrogen and oxygen atoms in total. The number of aromatic nitrogens is 2. The van der Waals surface area contributed by atoms with E-state index in [1.54, 1.807) is 12.3 Å². The van der Waals surface area contributed by atoms with Gasteiger partial charge in [0.1, 0.15) is 11.8 Å². The fourth-order valence-corrected chi connectivity index (χ4v) is 2.41. The molecule has 0 radical (unpaired) electrons. The Bertz CT molecular complexity index is 558. The predicted octanol–water partition coefficient (Wildman–Crippen LogP) is 1.48. The van der Waals surface area contributed by atoms with Gasteiger partial charge < -0.3 is 10.2 Å². The summed E-state index contributed by atoms with van der Waals surface area (Å²) in [5.41, 5.74) is 0.123. The molecule has 2 heterocycles. The Labute approximate surface area is 125 Å². The first kappa shape index (κ1) is 15.2. The highest BCUT2D eigenvalue weighted by atomic mass is 16.2. The molecular weight excluding hydrogens is 266 g/mol. The van der Waals surface area contributed by atoms with E-state index in [9.17, 15) is 4.79 Å². The Kier molecular flexibility index (Phi) is 4.41. The van der Waals surface area contributed by atoms with Gasteiger partial charge in [0.05, 0.1) is 5.92 Å². The second-order valence-electron chi connectivity index (χ2n) is 6.38. The van der Waals surface area contributed by atoms with Crippen LogP contribution in [0.4, 0.5) is 5.95 Å². The van der Waals surface area contributed by atoms with E-state index >= 15 is 0 Å². The minimum atomic E-state index is -0.226. The van der Waals surface area contributed by atoms with Gasteiger partial charge in [-0.25, -0.2) is 9.97 Å². The van der Waals surface area contributed by atoms with Gasteiger partial charge in [-0.2, -0.15) is 5.26 Å². The highest BCUT2D eigenvalue weighted by Crippen LogP contribution is 2.21. The van der Waals surface area contributed by atoms with Crippen molar-refractivity contribution in [1.29, 1.82) is 5.26 Å². The summed E-state index contributed by atoms with van der Waals surface area (Å²) in [6, 6.07) is 3.60. The van der Waals surface area contributed by atoms with Crippen molar-refractivity contribution in [3.63, 3.8) is 0 Å². The number of amides is 1. The van der Waals surface area contributed by atoms with Crippen LogP contribution in [-0.2, 0) is 4.79 Å². The van der Waals surface area contributed by atoms with Crippen LogP contribution in [0.3, 0.4) is 0 Å². The number of piperidine rings is 1. The average Bonchev–Trinajstić information content (AvgIpc) is 2.46. The summed E-state index contributed by atoms with van der Waals surface area (Å²) >= 11 is 0. The van der Waals surface area contributed by atoms with Gasteiger partial charge in [-0.1, -0.05) is 0 Å². The Hall–Kier alpha value is -2.16. The number of nitrogens with zero attached hydrogens (tertiary/aromatic N) is 4. The molecule has 1 fully saturated rings. The molecule has 0 spiro atoms. The fourth-order valence-electron chi connectivity index (χ4n) is 2.41. The third kappa shape index (κ3) is 4.15. The fraction of sp³-hybridized carbons (Fsp3) is 0.600. The summed E-state index contributed by atoms with van der Waals surface area (Å²) in [6.07, 6.45) is 3.37. The van der Waals surface area contributed by atoms with E-state index in [0.717, 1.165) is 19.4 Å². The van der Waals surface area contributed by atoms with E-state index in [1.807, 2.05) is 31.7 Å². The van der Waals surface area contributed by atoms with Crippen LogP contribution in [0.1, 0.15) is 39.3 Å². The molecule has 2 rings (SSSR count). The van der Waals surface area contributed by atoms with Gasteiger partial charge in [-0.05, 0) is 39.7 Å². The number of nitrogens with one attached hydrogen (secondary N) is 1. The lowest BCUT2D eigenvalue weighted by Crippen LogP contribution is -2.49. The molecule has 1 N–H and O–H groups in total. The molecule has 0 saturated carbocycles. The molecule has 6 heteroatoms. The lowest BCUT2D eigenvalue weighted by Gasteiger charge is -2.33. The third-order valence-electron chi connectivity index (χ3n) is 3.33. The van der Waals surface area contributed by atoms with E-state index in [0.29, 0.717) is 18.2 Å².